The van der Waals surface area contributed by atoms with Crippen molar-refractivity contribution in [1.29, 1.82) is 0 Å². The molecule has 92 valence electrons. The Morgan fingerprint density at radius 2 is 1.94 bits per heavy atom. The molecule has 0 aliphatic heterocycles. The Labute approximate surface area is 115 Å². The van der Waals surface area contributed by atoms with Crippen molar-refractivity contribution in [3.8, 4) is 11.5 Å². The molecule has 0 bridgehead atoms. The number of benzene rings is 1. The van der Waals surface area contributed by atoms with Crippen LogP contribution in [0.1, 0.15) is 5.56 Å². The molecule has 1 aromatic carbocycles. The Kier molecular flexibility index (Phi) is 5.02. The molecule has 0 saturated carbocycles. The molecule has 0 radical (unpaired) electrons. The van der Waals surface area contributed by atoms with Gasteiger partial charge in [0.15, 0.2) is 5.75 Å². The number of carbonyl (C=O) groups is 1. The first kappa shape index (κ1) is 14.1. The van der Waals surface area contributed by atoms with Crippen LogP contribution in [0.15, 0.2) is 21.1 Å². The molecule has 0 fully saturated rings. The van der Waals surface area contributed by atoms with Gasteiger partial charge in [0.05, 0.1) is 18.7 Å². The largest absolute Gasteiger partial charge is 0.495 e. The second-order valence-corrected chi connectivity index (χ2v) is 4.59. The van der Waals surface area contributed by atoms with Gasteiger partial charge < -0.3 is 14.6 Å². The Balaban J connectivity index is 3.36. The fourth-order valence-corrected chi connectivity index (χ4v) is 2.73. The highest BCUT2D eigenvalue weighted by Gasteiger charge is 2.14. The summed E-state index contributed by atoms with van der Waals surface area (Å²) in [5.74, 6) is 0.0993. The summed E-state index contributed by atoms with van der Waals surface area (Å²) in [6.45, 7) is 0. The summed E-state index contributed by atoms with van der Waals surface area (Å²) in [6.07, 6.45) is 2.51. The van der Waals surface area contributed by atoms with Gasteiger partial charge in [-0.1, -0.05) is 0 Å². The summed E-state index contributed by atoms with van der Waals surface area (Å²) < 4.78 is 11.7. The lowest BCUT2D eigenvalue weighted by Crippen LogP contribution is -1.94. The molecule has 0 aliphatic rings. The highest BCUT2D eigenvalue weighted by atomic mass is 79.9. The number of halogens is 2. The summed E-state index contributed by atoms with van der Waals surface area (Å²) in [6, 6.07) is 1.70. The second-order valence-electron chi connectivity index (χ2n) is 3.00. The lowest BCUT2D eigenvalue weighted by Gasteiger charge is -2.12. The zero-order valence-electron chi connectivity index (χ0n) is 9.16. The van der Waals surface area contributed by atoms with Gasteiger partial charge in [-0.15, -0.1) is 0 Å². The van der Waals surface area contributed by atoms with Crippen molar-refractivity contribution in [3.63, 3.8) is 0 Å². The minimum atomic E-state index is -1.02. The average molecular weight is 366 g/mol. The first-order chi connectivity index (χ1) is 8.01. The van der Waals surface area contributed by atoms with Crippen molar-refractivity contribution in [3.05, 3.63) is 26.7 Å². The van der Waals surface area contributed by atoms with Crippen LogP contribution in [0, 0.1) is 0 Å². The third-order valence-electron chi connectivity index (χ3n) is 1.98. The summed E-state index contributed by atoms with van der Waals surface area (Å²) >= 11 is 6.70. The average Bonchev–Trinajstić information content (AvgIpc) is 2.28. The van der Waals surface area contributed by atoms with Crippen LogP contribution in [0.4, 0.5) is 0 Å². The predicted octanol–water partition coefficient (Wildman–Crippen LogP) is 3.33. The smallest absolute Gasteiger partial charge is 0.328 e. The van der Waals surface area contributed by atoms with Gasteiger partial charge in [-0.2, -0.15) is 0 Å². The number of aliphatic carboxylic acids is 1. The highest BCUT2D eigenvalue weighted by Crippen LogP contribution is 2.42. The first-order valence-corrected chi connectivity index (χ1v) is 6.10. The third-order valence-corrected chi connectivity index (χ3v) is 3.55. The van der Waals surface area contributed by atoms with Crippen LogP contribution in [-0.4, -0.2) is 25.3 Å². The van der Waals surface area contributed by atoms with Gasteiger partial charge in [0, 0.05) is 6.08 Å². The lowest BCUT2D eigenvalue weighted by molar-refractivity contribution is -0.131. The van der Waals surface area contributed by atoms with Crippen LogP contribution in [0.25, 0.3) is 6.08 Å². The molecule has 4 nitrogen and oxygen atoms in total. The molecule has 0 amide bonds. The Morgan fingerprint density at radius 3 is 2.41 bits per heavy atom. The van der Waals surface area contributed by atoms with E-state index in [0.717, 1.165) is 6.08 Å². The van der Waals surface area contributed by atoms with Crippen LogP contribution in [0.5, 0.6) is 11.5 Å². The minimum absolute atomic E-state index is 0.550. The van der Waals surface area contributed by atoms with Crippen LogP contribution < -0.4 is 9.47 Å². The quantitative estimate of drug-likeness (QED) is 0.831. The molecular formula is C11H10Br2O4. The molecule has 6 heteroatoms. The van der Waals surface area contributed by atoms with E-state index in [9.17, 15) is 4.79 Å². The maximum absolute atomic E-state index is 10.5. The fraction of sp³-hybridized carbons (Fsp3) is 0.182. The molecule has 1 N–H and O–H groups in total. The molecule has 0 atom stereocenters. The van der Waals surface area contributed by atoms with Gasteiger partial charge in [0.1, 0.15) is 10.2 Å². The van der Waals surface area contributed by atoms with E-state index < -0.39 is 5.97 Å². The Hall–Kier alpha value is -1.01. The molecule has 1 rings (SSSR count). The van der Waals surface area contributed by atoms with Gasteiger partial charge in [0.2, 0.25) is 0 Å². The van der Waals surface area contributed by atoms with Crippen LogP contribution >= 0.6 is 31.9 Å². The number of methoxy groups -OCH3 is 2. The van der Waals surface area contributed by atoms with Crippen molar-refractivity contribution < 1.29 is 19.4 Å². The molecule has 0 unspecified atom stereocenters. The van der Waals surface area contributed by atoms with Crippen LogP contribution in [-0.2, 0) is 4.79 Å². The van der Waals surface area contributed by atoms with E-state index in [-0.39, 0.29) is 0 Å². The lowest BCUT2D eigenvalue weighted by atomic mass is 10.2. The number of rotatable bonds is 4. The number of ether oxygens (including phenoxy) is 2. The molecule has 0 aromatic heterocycles. The monoisotopic (exact) mass is 364 g/mol. The maximum Gasteiger partial charge on any atom is 0.328 e. The first-order valence-electron chi connectivity index (χ1n) is 4.52. The Bertz CT molecular complexity index is 469. The fourth-order valence-electron chi connectivity index (χ4n) is 1.22. The molecule has 0 heterocycles. The van der Waals surface area contributed by atoms with Crippen molar-refractivity contribution in [2.45, 2.75) is 0 Å². The summed E-state index contributed by atoms with van der Waals surface area (Å²) in [7, 11) is 3.05. The number of hydrogen-bond acceptors (Lipinski definition) is 3. The summed E-state index contributed by atoms with van der Waals surface area (Å²) in [5, 5.41) is 8.60. The topological polar surface area (TPSA) is 55.8 Å². The molecule has 1 aromatic rings. The van der Waals surface area contributed by atoms with Gasteiger partial charge in [-0.05, 0) is 49.6 Å². The van der Waals surface area contributed by atoms with Crippen molar-refractivity contribution in [1.82, 2.24) is 0 Å². The minimum Gasteiger partial charge on any atom is -0.495 e. The molecule has 0 saturated heterocycles. The van der Waals surface area contributed by atoms with Crippen molar-refractivity contribution in [2.75, 3.05) is 14.2 Å². The second kappa shape index (κ2) is 6.07. The SMILES string of the molecule is COc1cc(/C=C/C(=O)O)c(Br)c(OC)c1Br. The van der Waals surface area contributed by atoms with E-state index in [1.165, 1.54) is 20.3 Å². The number of carboxylic acids is 1. The standard InChI is InChI=1S/C11H10Br2O4/c1-16-7-5-6(3-4-8(14)15)9(12)11(17-2)10(7)13/h3-5H,1-2H3,(H,14,15)/b4-3+. The van der Waals surface area contributed by atoms with E-state index in [0.29, 0.717) is 26.0 Å². The number of hydrogen-bond donors (Lipinski definition) is 1. The number of carboxylic acid groups (broad SMARTS) is 1. The van der Waals surface area contributed by atoms with E-state index in [2.05, 4.69) is 31.9 Å². The molecule has 0 aliphatic carbocycles. The third kappa shape index (κ3) is 3.23. The van der Waals surface area contributed by atoms with E-state index >= 15 is 0 Å². The van der Waals surface area contributed by atoms with Gasteiger partial charge in [-0.25, -0.2) is 4.79 Å². The zero-order valence-corrected chi connectivity index (χ0v) is 12.3. The normalized spacial score (nSPS) is 10.6. The summed E-state index contributed by atoms with van der Waals surface area (Å²) in [5.41, 5.74) is 0.657. The maximum atomic E-state index is 10.5. The van der Waals surface area contributed by atoms with Gasteiger partial charge in [-0.3, -0.25) is 0 Å². The van der Waals surface area contributed by atoms with Crippen molar-refractivity contribution >= 4 is 43.9 Å². The van der Waals surface area contributed by atoms with E-state index in [1.807, 2.05) is 0 Å². The molecular weight excluding hydrogens is 356 g/mol. The van der Waals surface area contributed by atoms with Crippen LogP contribution in [0.3, 0.4) is 0 Å². The molecule has 17 heavy (non-hydrogen) atoms. The summed E-state index contributed by atoms with van der Waals surface area (Å²) in [4.78, 5) is 10.5. The van der Waals surface area contributed by atoms with Gasteiger partial charge in [0.25, 0.3) is 0 Å². The zero-order chi connectivity index (χ0) is 13.0. The molecule has 0 spiro atoms. The Morgan fingerprint density at radius 1 is 1.29 bits per heavy atom. The van der Waals surface area contributed by atoms with Gasteiger partial charge >= 0.3 is 5.97 Å². The van der Waals surface area contributed by atoms with Crippen LogP contribution in [0.2, 0.25) is 0 Å². The van der Waals surface area contributed by atoms with E-state index in [4.69, 9.17) is 14.6 Å². The predicted molar refractivity (Wildman–Crippen MR) is 71.6 cm³/mol. The van der Waals surface area contributed by atoms with Crippen molar-refractivity contribution in [2.24, 2.45) is 0 Å². The van der Waals surface area contributed by atoms with E-state index in [1.54, 1.807) is 6.07 Å². The highest BCUT2D eigenvalue weighted by molar-refractivity contribution is 9.11.